The fourth-order valence-corrected chi connectivity index (χ4v) is 2.95. The van der Waals surface area contributed by atoms with E-state index in [1.165, 1.54) is 12.1 Å². The first-order chi connectivity index (χ1) is 12.8. The lowest BCUT2D eigenvalue weighted by molar-refractivity contribution is -0.139. The van der Waals surface area contributed by atoms with Crippen LogP contribution >= 0.6 is 0 Å². The molecule has 0 aliphatic heterocycles. The molecule has 144 valence electrons. The molecule has 7 nitrogen and oxygen atoms in total. The van der Waals surface area contributed by atoms with Crippen molar-refractivity contribution < 1.29 is 23.1 Å². The zero-order valence-corrected chi connectivity index (χ0v) is 15.7. The maximum atomic E-state index is 12.3. The molecule has 2 aromatic rings. The third kappa shape index (κ3) is 6.50. The van der Waals surface area contributed by atoms with E-state index in [0.29, 0.717) is 11.1 Å². The Balaban J connectivity index is 2.00. The largest absolute Gasteiger partial charge is 0.480 e. The van der Waals surface area contributed by atoms with E-state index in [2.05, 4.69) is 10.0 Å². The first-order valence-electron chi connectivity index (χ1n) is 8.44. The molecule has 0 aromatic heterocycles. The Kier molecular flexibility index (Phi) is 7.09. The topological polar surface area (TPSA) is 113 Å². The number of amides is 1. The number of carbonyl (C=O) groups is 2. The molecule has 2 rings (SSSR count). The van der Waals surface area contributed by atoms with Crippen molar-refractivity contribution in [1.82, 2.24) is 10.0 Å². The van der Waals surface area contributed by atoms with Gasteiger partial charge in [0.05, 0.1) is 5.75 Å². The van der Waals surface area contributed by atoms with Crippen LogP contribution in [0, 0.1) is 0 Å². The van der Waals surface area contributed by atoms with Crippen LogP contribution in [0.3, 0.4) is 0 Å². The number of hydrogen-bond acceptors (Lipinski definition) is 4. The Morgan fingerprint density at radius 2 is 1.63 bits per heavy atom. The predicted octanol–water partition coefficient (Wildman–Crippen LogP) is 1.55. The molecule has 0 aliphatic carbocycles. The summed E-state index contributed by atoms with van der Waals surface area (Å²) in [6, 6.07) is 14.3. The maximum Gasteiger partial charge on any atom is 0.326 e. The number of hydrogen-bond donors (Lipinski definition) is 3. The Bertz CT molecular complexity index is 880. The van der Waals surface area contributed by atoms with Gasteiger partial charge in [-0.25, -0.2) is 17.9 Å². The second-order valence-corrected chi connectivity index (χ2v) is 8.07. The molecule has 3 N–H and O–H groups in total. The van der Waals surface area contributed by atoms with Gasteiger partial charge in [0.2, 0.25) is 10.0 Å². The average molecular weight is 390 g/mol. The predicted molar refractivity (Wildman–Crippen MR) is 102 cm³/mol. The summed E-state index contributed by atoms with van der Waals surface area (Å²) in [5.74, 6) is -1.62. The molecule has 2 aromatic carbocycles. The standard InChI is InChI=1S/C19H22N2O5S/c1-2-27(25,26)20-13-15-8-10-16(11-9-15)18(22)21-17(19(23)24)12-14-6-4-3-5-7-14/h3-11,17,20H,2,12-13H2,1H3,(H,21,22)(H,23,24)/t17-/m1/s1. The van der Waals surface area contributed by atoms with Crippen LogP contribution in [0.15, 0.2) is 54.6 Å². The number of carboxylic acid groups (broad SMARTS) is 1. The third-order valence-electron chi connectivity index (χ3n) is 3.98. The van der Waals surface area contributed by atoms with Gasteiger partial charge < -0.3 is 10.4 Å². The van der Waals surface area contributed by atoms with Crippen molar-refractivity contribution in [2.24, 2.45) is 0 Å². The molecule has 27 heavy (non-hydrogen) atoms. The number of nitrogens with one attached hydrogen (secondary N) is 2. The highest BCUT2D eigenvalue weighted by Crippen LogP contribution is 2.08. The molecule has 1 amide bonds. The molecular weight excluding hydrogens is 368 g/mol. The van der Waals surface area contributed by atoms with Crippen molar-refractivity contribution in [2.45, 2.75) is 25.9 Å². The van der Waals surface area contributed by atoms with Crippen LogP contribution in [0.5, 0.6) is 0 Å². The van der Waals surface area contributed by atoms with E-state index >= 15 is 0 Å². The van der Waals surface area contributed by atoms with Crippen LogP contribution in [0.1, 0.15) is 28.4 Å². The number of aliphatic carboxylic acids is 1. The van der Waals surface area contributed by atoms with Crippen LogP contribution in [0.25, 0.3) is 0 Å². The van der Waals surface area contributed by atoms with Gasteiger partial charge in [0.25, 0.3) is 5.91 Å². The van der Waals surface area contributed by atoms with Crippen molar-refractivity contribution in [2.75, 3.05) is 5.75 Å². The molecule has 0 unspecified atom stereocenters. The van der Waals surface area contributed by atoms with E-state index < -0.39 is 27.9 Å². The van der Waals surface area contributed by atoms with Crippen molar-refractivity contribution in [3.63, 3.8) is 0 Å². The van der Waals surface area contributed by atoms with Gasteiger partial charge >= 0.3 is 5.97 Å². The molecule has 0 fully saturated rings. The zero-order valence-electron chi connectivity index (χ0n) is 14.9. The number of carboxylic acids is 1. The van der Waals surface area contributed by atoms with E-state index in [-0.39, 0.29) is 18.7 Å². The Morgan fingerprint density at radius 3 is 2.19 bits per heavy atom. The highest BCUT2D eigenvalue weighted by molar-refractivity contribution is 7.89. The third-order valence-corrected chi connectivity index (χ3v) is 5.32. The van der Waals surface area contributed by atoms with Gasteiger partial charge in [-0.05, 0) is 30.2 Å². The van der Waals surface area contributed by atoms with Gasteiger partial charge in [0, 0.05) is 18.5 Å². The smallest absolute Gasteiger partial charge is 0.326 e. The van der Waals surface area contributed by atoms with Crippen molar-refractivity contribution in [3.8, 4) is 0 Å². The van der Waals surface area contributed by atoms with Crippen LogP contribution in [-0.2, 0) is 27.8 Å². The fraction of sp³-hybridized carbons (Fsp3) is 0.263. The number of benzene rings is 2. The molecule has 0 bridgehead atoms. The maximum absolute atomic E-state index is 12.3. The molecule has 0 aliphatic rings. The van der Waals surface area contributed by atoms with Crippen molar-refractivity contribution >= 4 is 21.9 Å². The zero-order chi connectivity index (χ0) is 19.9. The summed E-state index contributed by atoms with van der Waals surface area (Å²) in [6.07, 6.45) is 0.179. The molecule has 0 heterocycles. The monoisotopic (exact) mass is 390 g/mol. The van der Waals surface area contributed by atoms with Crippen molar-refractivity contribution in [1.29, 1.82) is 0 Å². The SMILES string of the molecule is CCS(=O)(=O)NCc1ccc(C(=O)N[C@H](Cc2ccccc2)C(=O)O)cc1. The van der Waals surface area contributed by atoms with E-state index in [1.54, 1.807) is 31.2 Å². The minimum Gasteiger partial charge on any atom is -0.480 e. The second-order valence-electron chi connectivity index (χ2n) is 5.98. The van der Waals surface area contributed by atoms with Crippen LogP contribution in [0.4, 0.5) is 0 Å². The van der Waals surface area contributed by atoms with Gasteiger partial charge in [0.15, 0.2) is 0 Å². The van der Waals surface area contributed by atoms with Crippen LogP contribution < -0.4 is 10.0 Å². The highest BCUT2D eigenvalue weighted by Gasteiger charge is 2.21. The van der Waals surface area contributed by atoms with Gasteiger partial charge in [0.1, 0.15) is 6.04 Å². The first-order valence-corrected chi connectivity index (χ1v) is 10.1. The number of rotatable bonds is 9. The minimum absolute atomic E-state index is 0.00845. The Labute approximate surface area is 158 Å². The van der Waals surface area contributed by atoms with Gasteiger partial charge in [-0.1, -0.05) is 42.5 Å². The van der Waals surface area contributed by atoms with E-state index in [0.717, 1.165) is 5.56 Å². The average Bonchev–Trinajstić information content (AvgIpc) is 2.67. The number of carbonyl (C=O) groups excluding carboxylic acids is 1. The lowest BCUT2D eigenvalue weighted by atomic mass is 10.1. The van der Waals surface area contributed by atoms with E-state index in [1.807, 2.05) is 18.2 Å². The Morgan fingerprint density at radius 1 is 1.00 bits per heavy atom. The summed E-state index contributed by atoms with van der Waals surface area (Å²) in [6.45, 7) is 1.67. The molecule has 1 atom stereocenters. The van der Waals surface area contributed by atoms with Gasteiger partial charge in [-0.3, -0.25) is 4.79 Å². The minimum atomic E-state index is -3.29. The van der Waals surface area contributed by atoms with Crippen LogP contribution in [-0.4, -0.2) is 37.2 Å². The van der Waals surface area contributed by atoms with E-state index in [9.17, 15) is 23.1 Å². The number of sulfonamides is 1. The summed E-state index contributed by atoms with van der Waals surface area (Å²) in [5.41, 5.74) is 1.81. The second kappa shape index (κ2) is 9.29. The lowest BCUT2D eigenvalue weighted by Gasteiger charge is -2.15. The molecule has 0 radical (unpaired) electrons. The Hall–Kier alpha value is -2.71. The van der Waals surface area contributed by atoms with Gasteiger partial charge in [-0.2, -0.15) is 0 Å². The molecule has 0 saturated heterocycles. The molecular formula is C19H22N2O5S. The fourth-order valence-electron chi connectivity index (χ4n) is 2.36. The summed E-state index contributed by atoms with van der Waals surface area (Å²) in [7, 11) is -3.29. The highest BCUT2D eigenvalue weighted by atomic mass is 32.2. The molecule has 0 saturated carbocycles. The van der Waals surface area contributed by atoms with Crippen LogP contribution in [0.2, 0.25) is 0 Å². The lowest BCUT2D eigenvalue weighted by Crippen LogP contribution is -2.42. The first kappa shape index (κ1) is 20.6. The molecule has 0 spiro atoms. The molecule has 8 heteroatoms. The summed E-state index contributed by atoms with van der Waals surface area (Å²) in [4.78, 5) is 23.8. The summed E-state index contributed by atoms with van der Waals surface area (Å²) in [5, 5.41) is 11.9. The summed E-state index contributed by atoms with van der Waals surface area (Å²) < 4.78 is 25.3. The van der Waals surface area contributed by atoms with Crippen molar-refractivity contribution in [3.05, 3.63) is 71.3 Å². The quantitative estimate of drug-likeness (QED) is 0.601. The van der Waals surface area contributed by atoms with E-state index in [4.69, 9.17) is 0 Å². The normalized spacial score (nSPS) is 12.3. The van der Waals surface area contributed by atoms with Gasteiger partial charge in [-0.15, -0.1) is 0 Å². The summed E-state index contributed by atoms with van der Waals surface area (Å²) >= 11 is 0.